The Balaban J connectivity index is 1.94. The Labute approximate surface area is 106 Å². The van der Waals surface area contributed by atoms with Gasteiger partial charge in [-0.1, -0.05) is 12.1 Å². The van der Waals surface area contributed by atoms with Crippen LogP contribution < -0.4 is 5.32 Å². The van der Waals surface area contributed by atoms with Crippen molar-refractivity contribution in [3.8, 4) is 0 Å². The molecular weight excluding hydrogens is 287 g/mol. The number of rotatable bonds is 3. The molecule has 2 rings (SSSR count). The lowest BCUT2D eigenvalue weighted by atomic mass is 10.2. The minimum absolute atomic E-state index is 0.194. The van der Waals surface area contributed by atoms with Gasteiger partial charge in [-0.25, -0.2) is 4.39 Å². The number of hydrogen-bond acceptors (Lipinski definition) is 1. The number of nitrogens with one attached hydrogen (secondary N) is 2. The first kappa shape index (κ1) is 11.9. The molecule has 0 bridgehead atoms. The molecule has 3 nitrogen and oxygen atoms in total. The predicted molar refractivity (Wildman–Crippen MR) is 66.1 cm³/mol. The highest BCUT2D eigenvalue weighted by Crippen LogP contribution is 2.10. The first-order valence-corrected chi connectivity index (χ1v) is 5.81. The molecule has 1 aromatic heterocycles. The van der Waals surface area contributed by atoms with Crippen LogP contribution in [0.2, 0.25) is 0 Å². The number of aromatic nitrogens is 1. The fourth-order valence-electron chi connectivity index (χ4n) is 1.38. The van der Waals surface area contributed by atoms with Gasteiger partial charge in [-0.15, -0.1) is 0 Å². The van der Waals surface area contributed by atoms with Gasteiger partial charge in [0.1, 0.15) is 11.5 Å². The number of benzene rings is 1. The summed E-state index contributed by atoms with van der Waals surface area (Å²) in [5.41, 5.74) is 1.34. The minimum Gasteiger partial charge on any atom is -0.356 e. The maximum atomic E-state index is 12.7. The van der Waals surface area contributed by atoms with Crippen LogP contribution in [0.3, 0.4) is 0 Å². The standard InChI is InChI=1S/C12H10BrFN2O/c13-9-5-11(15-7-9)12(17)16-6-8-1-3-10(14)4-2-8/h1-5,7,15H,6H2,(H,16,17). The van der Waals surface area contributed by atoms with E-state index in [4.69, 9.17) is 0 Å². The Morgan fingerprint density at radius 3 is 2.65 bits per heavy atom. The molecule has 5 heteroatoms. The Kier molecular flexibility index (Phi) is 3.58. The minimum atomic E-state index is -0.284. The van der Waals surface area contributed by atoms with Crippen molar-refractivity contribution in [2.75, 3.05) is 0 Å². The molecule has 0 fully saturated rings. The van der Waals surface area contributed by atoms with Crippen molar-refractivity contribution >= 4 is 21.8 Å². The maximum absolute atomic E-state index is 12.7. The zero-order chi connectivity index (χ0) is 12.3. The summed E-state index contributed by atoms with van der Waals surface area (Å²) < 4.78 is 13.5. The Hall–Kier alpha value is -1.62. The average Bonchev–Trinajstić information content (AvgIpc) is 2.75. The van der Waals surface area contributed by atoms with Crippen molar-refractivity contribution in [3.63, 3.8) is 0 Å². The SMILES string of the molecule is O=C(NCc1ccc(F)cc1)c1cc(Br)c[nH]1. The highest BCUT2D eigenvalue weighted by molar-refractivity contribution is 9.10. The molecule has 2 aromatic rings. The molecule has 0 radical (unpaired) electrons. The summed E-state index contributed by atoms with van der Waals surface area (Å²) in [6.45, 7) is 0.371. The van der Waals surface area contributed by atoms with Crippen molar-refractivity contribution in [1.29, 1.82) is 0 Å². The van der Waals surface area contributed by atoms with Gasteiger partial charge in [0.05, 0.1) is 0 Å². The molecule has 0 atom stereocenters. The third-order valence-electron chi connectivity index (χ3n) is 2.26. The van der Waals surface area contributed by atoms with E-state index in [1.165, 1.54) is 12.1 Å². The Morgan fingerprint density at radius 1 is 1.35 bits per heavy atom. The third kappa shape index (κ3) is 3.17. The van der Waals surface area contributed by atoms with Gasteiger partial charge >= 0.3 is 0 Å². The lowest BCUT2D eigenvalue weighted by Crippen LogP contribution is -2.22. The molecule has 1 amide bonds. The molecule has 1 heterocycles. The van der Waals surface area contributed by atoms with E-state index < -0.39 is 0 Å². The van der Waals surface area contributed by atoms with Gasteiger partial charge in [0.15, 0.2) is 0 Å². The van der Waals surface area contributed by atoms with Gasteiger partial charge in [0, 0.05) is 17.2 Å². The summed E-state index contributed by atoms with van der Waals surface area (Å²) in [5, 5.41) is 2.73. The molecule has 88 valence electrons. The summed E-state index contributed by atoms with van der Waals surface area (Å²) in [4.78, 5) is 14.5. The zero-order valence-corrected chi connectivity index (χ0v) is 10.4. The molecule has 17 heavy (non-hydrogen) atoms. The van der Waals surface area contributed by atoms with Gasteiger partial charge in [-0.2, -0.15) is 0 Å². The van der Waals surface area contributed by atoms with Crippen LogP contribution in [-0.4, -0.2) is 10.9 Å². The van der Waals surface area contributed by atoms with E-state index in [1.807, 2.05) is 0 Å². The van der Waals surface area contributed by atoms with Crippen molar-refractivity contribution in [1.82, 2.24) is 10.3 Å². The first-order chi connectivity index (χ1) is 8.15. The number of carbonyl (C=O) groups excluding carboxylic acids is 1. The molecule has 0 spiro atoms. The first-order valence-electron chi connectivity index (χ1n) is 5.02. The monoisotopic (exact) mass is 296 g/mol. The fourth-order valence-corrected chi connectivity index (χ4v) is 1.72. The summed E-state index contributed by atoms with van der Waals surface area (Å²) >= 11 is 3.25. The molecular formula is C12H10BrFN2O. The van der Waals surface area contributed by atoms with Crippen LogP contribution in [0.15, 0.2) is 41.0 Å². The molecule has 0 saturated carbocycles. The summed E-state index contributed by atoms with van der Waals surface area (Å²) in [5.74, 6) is -0.478. The summed E-state index contributed by atoms with van der Waals surface area (Å²) in [6.07, 6.45) is 1.69. The molecule has 0 aliphatic rings. The number of H-pyrrole nitrogens is 1. The van der Waals surface area contributed by atoms with Crippen molar-refractivity contribution in [2.45, 2.75) is 6.54 Å². The van der Waals surface area contributed by atoms with E-state index in [1.54, 1.807) is 24.4 Å². The highest BCUT2D eigenvalue weighted by atomic mass is 79.9. The van der Waals surface area contributed by atoms with E-state index in [0.29, 0.717) is 12.2 Å². The molecule has 1 aromatic carbocycles. The quantitative estimate of drug-likeness (QED) is 0.899. The van der Waals surface area contributed by atoms with Crippen molar-refractivity contribution in [3.05, 3.63) is 58.1 Å². The van der Waals surface area contributed by atoms with Crippen LogP contribution in [0.25, 0.3) is 0 Å². The molecule has 0 unspecified atom stereocenters. The largest absolute Gasteiger partial charge is 0.356 e. The van der Waals surface area contributed by atoms with E-state index in [2.05, 4.69) is 26.2 Å². The van der Waals surface area contributed by atoms with Crippen LogP contribution in [-0.2, 0) is 6.54 Å². The smallest absolute Gasteiger partial charge is 0.267 e. The highest BCUT2D eigenvalue weighted by Gasteiger charge is 2.06. The molecule has 0 aliphatic carbocycles. The topological polar surface area (TPSA) is 44.9 Å². The van der Waals surface area contributed by atoms with Crippen LogP contribution in [0, 0.1) is 5.82 Å². The average molecular weight is 297 g/mol. The number of halogens is 2. The van der Waals surface area contributed by atoms with E-state index in [0.717, 1.165) is 10.0 Å². The van der Waals surface area contributed by atoms with Crippen molar-refractivity contribution in [2.24, 2.45) is 0 Å². The van der Waals surface area contributed by atoms with E-state index >= 15 is 0 Å². The third-order valence-corrected chi connectivity index (χ3v) is 2.72. The summed E-state index contributed by atoms with van der Waals surface area (Å²) in [6, 6.07) is 7.71. The van der Waals surface area contributed by atoms with Crippen LogP contribution in [0.4, 0.5) is 4.39 Å². The molecule has 0 aliphatic heterocycles. The Morgan fingerprint density at radius 2 is 2.06 bits per heavy atom. The van der Waals surface area contributed by atoms with Crippen molar-refractivity contribution < 1.29 is 9.18 Å². The van der Waals surface area contributed by atoms with E-state index in [9.17, 15) is 9.18 Å². The number of aromatic amines is 1. The van der Waals surface area contributed by atoms with Gasteiger partial charge < -0.3 is 10.3 Å². The molecule has 0 saturated heterocycles. The second-order valence-electron chi connectivity index (χ2n) is 3.54. The van der Waals surface area contributed by atoms with Crippen LogP contribution in [0.1, 0.15) is 16.1 Å². The van der Waals surface area contributed by atoms with Gasteiger partial charge in [0.2, 0.25) is 0 Å². The van der Waals surface area contributed by atoms with Gasteiger partial charge in [0.25, 0.3) is 5.91 Å². The fraction of sp³-hybridized carbons (Fsp3) is 0.0833. The molecule has 2 N–H and O–H groups in total. The van der Waals surface area contributed by atoms with Gasteiger partial charge in [-0.3, -0.25) is 4.79 Å². The number of carbonyl (C=O) groups is 1. The lowest BCUT2D eigenvalue weighted by molar-refractivity contribution is 0.0946. The van der Waals surface area contributed by atoms with Crippen LogP contribution in [0.5, 0.6) is 0 Å². The Bertz CT molecular complexity index is 522. The normalized spacial score (nSPS) is 10.2. The number of amides is 1. The second kappa shape index (κ2) is 5.14. The lowest BCUT2D eigenvalue weighted by Gasteiger charge is -2.03. The van der Waals surface area contributed by atoms with Gasteiger partial charge in [-0.05, 0) is 39.7 Å². The van der Waals surface area contributed by atoms with Crippen LogP contribution >= 0.6 is 15.9 Å². The zero-order valence-electron chi connectivity index (χ0n) is 8.84. The number of hydrogen-bond donors (Lipinski definition) is 2. The second-order valence-corrected chi connectivity index (χ2v) is 4.46. The predicted octanol–water partition coefficient (Wildman–Crippen LogP) is 2.85. The summed E-state index contributed by atoms with van der Waals surface area (Å²) in [7, 11) is 0. The van der Waals surface area contributed by atoms with E-state index in [-0.39, 0.29) is 11.7 Å². The maximum Gasteiger partial charge on any atom is 0.267 e.